The van der Waals surface area contributed by atoms with Gasteiger partial charge in [-0.25, -0.2) is 4.79 Å². The molecule has 0 saturated carbocycles. The van der Waals surface area contributed by atoms with E-state index >= 15 is 0 Å². The van der Waals surface area contributed by atoms with Crippen molar-refractivity contribution in [1.29, 1.82) is 0 Å². The van der Waals surface area contributed by atoms with Crippen LogP contribution < -0.4 is 10.3 Å². The predicted molar refractivity (Wildman–Crippen MR) is 143 cm³/mol. The summed E-state index contributed by atoms with van der Waals surface area (Å²) in [5, 5.41) is 15.4. The molecular formula is C29H33N3O5. The summed E-state index contributed by atoms with van der Waals surface area (Å²) in [4.78, 5) is 26.3. The molecule has 0 aliphatic heterocycles. The molecule has 8 heteroatoms. The highest BCUT2D eigenvalue weighted by atomic mass is 16.5. The van der Waals surface area contributed by atoms with Gasteiger partial charge < -0.3 is 19.1 Å². The number of nitrogens with zero attached hydrogens (tertiary/aromatic N) is 3. The van der Waals surface area contributed by atoms with Crippen LogP contribution in [0.5, 0.6) is 5.75 Å². The molecule has 0 saturated heterocycles. The molecule has 4 aromatic rings. The van der Waals surface area contributed by atoms with Gasteiger partial charge in [0.1, 0.15) is 11.3 Å². The van der Waals surface area contributed by atoms with E-state index in [1.54, 1.807) is 45.8 Å². The third kappa shape index (κ3) is 5.15. The van der Waals surface area contributed by atoms with Crippen LogP contribution in [0.3, 0.4) is 0 Å². The summed E-state index contributed by atoms with van der Waals surface area (Å²) in [6, 6.07) is 13.5. The Morgan fingerprint density at radius 1 is 1.08 bits per heavy atom. The van der Waals surface area contributed by atoms with Crippen molar-refractivity contribution < 1.29 is 19.4 Å². The zero-order valence-electron chi connectivity index (χ0n) is 22.3. The van der Waals surface area contributed by atoms with E-state index in [0.29, 0.717) is 23.0 Å². The Balaban J connectivity index is 2.02. The van der Waals surface area contributed by atoms with E-state index in [2.05, 4.69) is 5.10 Å². The van der Waals surface area contributed by atoms with Crippen LogP contribution in [-0.2, 0) is 23.1 Å². The van der Waals surface area contributed by atoms with Crippen LogP contribution in [0.25, 0.3) is 22.0 Å². The first kappa shape index (κ1) is 26.2. The topological polar surface area (TPSA) is 95.6 Å². The van der Waals surface area contributed by atoms with Gasteiger partial charge in [0.05, 0.1) is 31.1 Å². The molecule has 0 bridgehead atoms. The van der Waals surface area contributed by atoms with Crippen LogP contribution in [0.1, 0.15) is 49.3 Å². The first-order valence-corrected chi connectivity index (χ1v) is 12.1. The van der Waals surface area contributed by atoms with E-state index in [-0.39, 0.29) is 11.3 Å². The van der Waals surface area contributed by atoms with Gasteiger partial charge in [0, 0.05) is 18.0 Å². The number of aryl methyl sites for hydroxylation is 2. The summed E-state index contributed by atoms with van der Waals surface area (Å²) in [6.45, 7) is 9.78. The molecular weight excluding hydrogens is 470 g/mol. The molecule has 4 rings (SSSR count). The Kier molecular flexibility index (Phi) is 6.97. The van der Waals surface area contributed by atoms with Crippen molar-refractivity contribution in [2.75, 3.05) is 7.11 Å². The van der Waals surface area contributed by atoms with E-state index in [1.807, 2.05) is 56.3 Å². The summed E-state index contributed by atoms with van der Waals surface area (Å²) >= 11 is 0. The fourth-order valence-electron chi connectivity index (χ4n) is 4.48. The number of ether oxygens (including phenoxy) is 2. The molecule has 0 amide bonds. The Morgan fingerprint density at radius 2 is 1.76 bits per heavy atom. The summed E-state index contributed by atoms with van der Waals surface area (Å²) in [5.41, 5.74) is 4.12. The maximum atomic E-state index is 13.8. The Hall–Kier alpha value is -3.91. The second-order valence-electron chi connectivity index (χ2n) is 10.3. The number of aromatic nitrogens is 3. The van der Waals surface area contributed by atoms with Crippen LogP contribution in [0.2, 0.25) is 0 Å². The van der Waals surface area contributed by atoms with Crippen molar-refractivity contribution in [1.82, 2.24) is 14.3 Å². The zero-order chi connectivity index (χ0) is 27.1. The highest BCUT2D eigenvalue weighted by Gasteiger charge is 2.33. The van der Waals surface area contributed by atoms with Gasteiger partial charge in [0.25, 0.3) is 5.56 Å². The molecule has 0 radical (unpaired) electrons. The molecule has 194 valence electrons. The molecule has 2 aromatic heterocycles. The second kappa shape index (κ2) is 9.86. The molecule has 37 heavy (non-hydrogen) atoms. The number of carboxylic acids is 1. The smallest absolute Gasteiger partial charge is 0.339 e. The van der Waals surface area contributed by atoms with E-state index < -0.39 is 17.7 Å². The lowest BCUT2D eigenvalue weighted by molar-refractivity contribution is -0.161. The van der Waals surface area contributed by atoms with E-state index in [4.69, 9.17) is 9.47 Å². The van der Waals surface area contributed by atoms with Gasteiger partial charge in [-0.15, -0.1) is 0 Å². The van der Waals surface area contributed by atoms with Crippen molar-refractivity contribution in [3.63, 3.8) is 0 Å². The normalized spacial score (nSPS) is 12.6. The van der Waals surface area contributed by atoms with E-state index in [0.717, 1.165) is 28.0 Å². The largest absolute Gasteiger partial charge is 0.497 e. The van der Waals surface area contributed by atoms with Gasteiger partial charge in [0.2, 0.25) is 0 Å². The number of methoxy groups -OCH3 is 1. The van der Waals surface area contributed by atoms with Crippen molar-refractivity contribution in [2.24, 2.45) is 7.05 Å². The predicted octanol–water partition coefficient (Wildman–Crippen LogP) is 5.02. The van der Waals surface area contributed by atoms with Gasteiger partial charge in [-0.2, -0.15) is 5.10 Å². The van der Waals surface area contributed by atoms with Gasteiger partial charge in [-0.05, 0) is 69.0 Å². The molecule has 1 unspecified atom stereocenters. The summed E-state index contributed by atoms with van der Waals surface area (Å²) < 4.78 is 14.3. The van der Waals surface area contributed by atoms with Crippen LogP contribution in [0.4, 0.5) is 0 Å². The van der Waals surface area contributed by atoms with Crippen molar-refractivity contribution in [3.8, 4) is 16.9 Å². The van der Waals surface area contributed by atoms with Crippen LogP contribution in [-0.4, -0.2) is 38.1 Å². The number of aliphatic carboxylic acids is 1. The molecule has 2 aromatic carbocycles. The average molecular weight is 504 g/mol. The molecule has 0 spiro atoms. The van der Waals surface area contributed by atoms with Gasteiger partial charge in [0.15, 0.2) is 6.10 Å². The number of pyridine rings is 1. The molecule has 0 aliphatic rings. The SMILES string of the molecule is COc1ccc(Cn2ncc3c(-c4ccc(C)c(C)c4)c(C(OC(C)(C)C)C(=O)O)n(C)c(=O)c32)cc1. The monoisotopic (exact) mass is 503 g/mol. The lowest BCUT2D eigenvalue weighted by Gasteiger charge is -2.28. The number of rotatable bonds is 7. The molecule has 0 aliphatic carbocycles. The fraction of sp³-hybridized carbons (Fsp3) is 0.345. The Bertz CT molecular complexity index is 1520. The first-order valence-electron chi connectivity index (χ1n) is 12.1. The fourth-order valence-corrected chi connectivity index (χ4v) is 4.48. The number of hydrogen-bond donors (Lipinski definition) is 1. The quantitative estimate of drug-likeness (QED) is 0.381. The van der Waals surface area contributed by atoms with Crippen molar-refractivity contribution >= 4 is 16.9 Å². The third-order valence-corrected chi connectivity index (χ3v) is 6.46. The average Bonchev–Trinajstić information content (AvgIpc) is 3.25. The Labute approximate surface area is 216 Å². The van der Waals surface area contributed by atoms with E-state index in [1.165, 1.54) is 4.57 Å². The standard InChI is InChI=1S/C29H33N3O5/c1-17-8-11-20(14-18(17)2)23-22-15-30-32(16-19-9-12-21(36-7)13-10-19)24(22)27(33)31(6)25(23)26(28(34)35)37-29(3,4)5/h8-15,26H,16H2,1-7H3,(H,34,35). The summed E-state index contributed by atoms with van der Waals surface area (Å²) in [5.74, 6) is -0.426. The molecule has 0 fully saturated rings. The molecule has 1 N–H and O–H groups in total. The first-order chi connectivity index (χ1) is 17.4. The van der Waals surface area contributed by atoms with Crippen LogP contribution in [0, 0.1) is 13.8 Å². The number of benzene rings is 2. The third-order valence-electron chi connectivity index (χ3n) is 6.46. The van der Waals surface area contributed by atoms with Crippen LogP contribution in [0.15, 0.2) is 53.5 Å². The van der Waals surface area contributed by atoms with Crippen molar-refractivity contribution in [3.05, 3.63) is 81.4 Å². The number of carboxylic acid groups (broad SMARTS) is 1. The Morgan fingerprint density at radius 3 is 2.32 bits per heavy atom. The lowest BCUT2D eigenvalue weighted by Crippen LogP contribution is -2.33. The second-order valence-corrected chi connectivity index (χ2v) is 10.3. The van der Waals surface area contributed by atoms with Gasteiger partial charge >= 0.3 is 5.97 Å². The van der Waals surface area contributed by atoms with E-state index in [9.17, 15) is 14.7 Å². The minimum absolute atomic E-state index is 0.284. The maximum absolute atomic E-state index is 13.8. The molecule has 8 nitrogen and oxygen atoms in total. The summed E-state index contributed by atoms with van der Waals surface area (Å²) in [6.07, 6.45) is 0.285. The molecule has 2 heterocycles. The number of fused-ring (bicyclic) bond motifs is 1. The maximum Gasteiger partial charge on any atom is 0.339 e. The zero-order valence-corrected chi connectivity index (χ0v) is 22.3. The minimum atomic E-state index is -1.36. The highest BCUT2D eigenvalue weighted by molar-refractivity contribution is 5.97. The van der Waals surface area contributed by atoms with Crippen LogP contribution >= 0.6 is 0 Å². The van der Waals surface area contributed by atoms with Crippen molar-refractivity contribution in [2.45, 2.75) is 52.9 Å². The highest BCUT2D eigenvalue weighted by Crippen LogP contribution is 2.37. The summed E-state index contributed by atoms with van der Waals surface area (Å²) in [7, 11) is 3.20. The van der Waals surface area contributed by atoms with Gasteiger partial charge in [-0.3, -0.25) is 9.48 Å². The lowest BCUT2D eigenvalue weighted by atomic mass is 9.94. The number of hydrogen-bond acceptors (Lipinski definition) is 5. The van der Waals surface area contributed by atoms with Gasteiger partial charge in [-0.1, -0.05) is 30.3 Å². The molecule has 1 atom stereocenters. The number of carbonyl (C=O) groups is 1. The minimum Gasteiger partial charge on any atom is -0.497 e.